The highest BCUT2D eigenvalue weighted by Gasteiger charge is 2.35. The molecule has 10 nitrogen and oxygen atoms in total. The van der Waals surface area contributed by atoms with E-state index < -0.39 is 18.1 Å². The highest BCUT2D eigenvalue weighted by molar-refractivity contribution is 7.20. The number of nitrogens with two attached hydrogens (primary N) is 1. The van der Waals surface area contributed by atoms with Crippen LogP contribution in [-0.2, 0) is 16.0 Å². The molecule has 2 unspecified atom stereocenters. The summed E-state index contributed by atoms with van der Waals surface area (Å²) in [6, 6.07) is 15.7. The van der Waals surface area contributed by atoms with Gasteiger partial charge in [-0.25, -0.2) is 4.98 Å². The largest absolute Gasteiger partial charge is 0.370 e. The Morgan fingerprint density at radius 3 is 2.58 bits per heavy atom. The number of carbonyl (C=O) groups excluding carboxylic acids is 3. The summed E-state index contributed by atoms with van der Waals surface area (Å²) in [6.07, 6.45) is 3.76. The summed E-state index contributed by atoms with van der Waals surface area (Å²) in [5, 5.41) is 16.8. The minimum atomic E-state index is -0.725. The predicted octanol–water partition coefficient (Wildman–Crippen LogP) is 2.44. The Morgan fingerprint density at radius 1 is 1.10 bits per heavy atom. The summed E-state index contributed by atoms with van der Waals surface area (Å²) < 4.78 is 0.913. The van der Waals surface area contributed by atoms with Gasteiger partial charge >= 0.3 is 0 Å². The van der Waals surface area contributed by atoms with Crippen molar-refractivity contribution in [2.45, 2.75) is 56.7 Å². The third-order valence-electron chi connectivity index (χ3n) is 7.14. The number of hydrogen-bond donors (Lipinski definition) is 5. The molecule has 4 rings (SSSR count). The van der Waals surface area contributed by atoms with E-state index in [1.54, 1.807) is 11.9 Å². The van der Waals surface area contributed by atoms with Crippen LogP contribution in [0.4, 0.5) is 0 Å². The Labute approximate surface area is 238 Å². The first-order valence-corrected chi connectivity index (χ1v) is 14.5. The van der Waals surface area contributed by atoms with Gasteiger partial charge in [-0.05, 0) is 63.3 Å². The second kappa shape index (κ2) is 14.0. The molecule has 11 heteroatoms. The number of nitrogens with zero attached hydrogens (tertiary/aromatic N) is 2. The number of piperidine rings is 1. The average molecular weight is 564 g/mol. The molecule has 212 valence electrons. The number of likely N-dealkylation sites (N-methyl/N-ethyl adjacent to an activating group) is 1. The predicted molar refractivity (Wildman–Crippen MR) is 157 cm³/mol. The monoisotopic (exact) mass is 563 g/mol. The molecule has 1 aromatic heterocycles. The zero-order valence-corrected chi connectivity index (χ0v) is 23.5. The first-order valence-electron chi connectivity index (χ1n) is 13.7. The van der Waals surface area contributed by atoms with Gasteiger partial charge in [0, 0.05) is 13.1 Å². The van der Waals surface area contributed by atoms with Gasteiger partial charge in [-0.2, -0.15) is 0 Å². The average Bonchev–Trinajstić information content (AvgIpc) is 3.41. The highest BCUT2D eigenvalue weighted by Crippen LogP contribution is 2.23. The fraction of sp³-hybridized carbons (Fsp3) is 0.414. The standard InChI is InChI=1S/C29H37N7O3S/c1-32-22(18-19-10-3-2-4-11-19)28(39)36-17-8-7-14-23(36)26(38)33-16-9-13-21(35-29(30)31)25(37)27-34-20-12-5-6-15-24(20)40-27/h2-6,10-12,15,21-23,32H,7-9,13-14,16-18H2,1H3,(H,33,38)(H4,30,31,35)/t21?,22-,23?/m1/s1. The van der Waals surface area contributed by atoms with Gasteiger partial charge in [-0.3, -0.25) is 19.8 Å². The summed E-state index contributed by atoms with van der Waals surface area (Å²) in [7, 11) is 1.77. The molecule has 2 aromatic carbocycles. The number of para-hydroxylation sites is 1. The number of aromatic nitrogens is 1. The van der Waals surface area contributed by atoms with Gasteiger partial charge in [0.05, 0.1) is 22.3 Å². The number of benzene rings is 2. The van der Waals surface area contributed by atoms with Crippen molar-refractivity contribution < 1.29 is 14.4 Å². The summed E-state index contributed by atoms with van der Waals surface area (Å²) in [5.41, 5.74) is 7.36. The van der Waals surface area contributed by atoms with Crippen LogP contribution in [-0.4, -0.2) is 71.7 Å². The van der Waals surface area contributed by atoms with Crippen LogP contribution in [0.2, 0.25) is 0 Å². The van der Waals surface area contributed by atoms with E-state index >= 15 is 0 Å². The smallest absolute Gasteiger partial charge is 0.242 e. The van der Waals surface area contributed by atoms with Crippen molar-refractivity contribution in [2.75, 3.05) is 20.1 Å². The molecule has 6 N–H and O–H groups in total. The molecular weight excluding hydrogens is 526 g/mol. The van der Waals surface area contributed by atoms with E-state index in [1.807, 2.05) is 54.6 Å². The molecule has 1 saturated heterocycles. The van der Waals surface area contributed by atoms with Crippen LogP contribution in [0.25, 0.3) is 10.2 Å². The number of nitrogens with one attached hydrogen (secondary N) is 4. The Bertz CT molecular complexity index is 1300. The van der Waals surface area contributed by atoms with Gasteiger partial charge in [0.2, 0.25) is 17.6 Å². The van der Waals surface area contributed by atoms with Crippen LogP contribution < -0.4 is 21.7 Å². The molecule has 1 fully saturated rings. The highest BCUT2D eigenvalue weighted by atomic mass is 32.1. The van der Waals surface area contributed by atoms with Crippen molar-refractivity contribution in [3.8, 4) is 0 Å². The number of fused-ring (bicyclic) bond motifs is 1. The van der Waals surface area contributed by atoms with Crippen LogP contribution in [0.15, 0.2) is 54.6 Å². The van der Waals surface area contributed by atoms with Gasteiger partial charge in [-0.15, -0.1) is 11.3 Å². The van der Waals surface area contributed by atoms with Crippen molar-refractivity contribution in [2.24, 2.45) is 5.73 Å². The maximum Gasteiger partial charge on any atom is 0.242 e. The summed E-state index contributed by atoms with van der Waals surface area (Å²) in [4.78, 5) is 45.9. The number of rotatable bonds is 12. The van der Waals surface area contributed by atoms with Crippen LogP contribution in [0.1, 0.15) is 47.5 Å². The molecule has 0 spiro atoms. The molecule has 2 heterocycles. The fourth-order valence-corrected chi connectivity index (χ4v) is 6.01. The quantitative estimate of drug-likeness (QED) is 0.0982. The van der Waals surface area contributed by atoms with E-state index in [0.717, 1.165) is 28.6 Å². The van der Waals surface area contributed by atoms with E-state index in [9.17, 15) is 14.4 Å². The first-order chi connectivity index (χ1) is 19.4. The second-order valence-electron chi connectivity index (χ2n) is 9.97. The number of guanidine groups is 1. The van der Waals surface area contributed by atoms with E-state index in [0.29, 0.717) is 43.8 Å². The van der Waals surface area contributed by atoms with Gasteiger partial charge in [0.25, 0.3) is 0 Å². The lowest BCUT2D eigenvalue weighted by molar-refractivity contribution is -0.143. The lowest BCUT2D eigenvalue weighted by Gasteiger charge is -2.37. The number of ketones is 1. The van der Waals surface area contributed by atoms with Crippen LogP contribution in [0.5, 0.6) is 0 Å². The maximum atomic E-state index is 13.4. The SMILES string of the molecule is CN[C@H](Cc1ccccc1)C(=O)N1CCCCC1C(=O)NCCCC(NC(=N)N)C(=O)c1nc2ccccc2s1. The molecule has 3 aromatic rings. The molecule has 1 aliphatic rings. The minimum absolute atomic E-state index is 0.0710. The zero-order valence-electron chi connectivity index (χ0n) is 22.7. The lowest BCUT2D eigenvalue weighted by Crippen LogP contribution is -2.57. The summed E-state index contributed by atoms with van der Waals surface area (Å²) >= 11 is 1.31. The van der Waals surface area contributed by atoms with E-state index in [1.165, 1.54) is 11.3 Å². The Morgan fingerprint density at radius 2 is 1.85 bits per heavy atom. The summed E-state index contributed by atoms with van der Waals surface area (Å²) in [5.74, 6) is -0.785. The molecule has 0 bridgehead atoms. The number of amides is 2. The van der Waals surface area contributed by atoms with Crippen LogP contribution >= 0.6 is 11.3 Å². The Hall–Kier alpha value is -3.83. The zero-order chi connectivity index (χ0) is 28.5. The molecular formula is C29H37N7O3S. The van der Waals surface area contributed by atoms with Crippen molar-refractivity contribution >= 4 is 45.1 Å². The van der Waals surface area contributed by atoms with Gasteiger partial charge in [-0.1, -0.05) is 42.5 Å². The normalized spacial score (nSPS) is 16.7. The van der Waals surface area contributed by atoms with Crippen molar-refractivity contribution in [1.29, 1.82) is 5.41 Å². The Balaban J connectivity index is 1.33. The molecule has 0 radical (unpaired) electrons. The minimum Gasteiger partial charge on any atom is -0.370 e. The van der Waals surface area contributed by atoms with Gasteiger partial charge in [0.1, 0.15) is 6.04 Å². The van der Waals surface area contributed by atoms with E-state index in [4.69, 9.17) is 11.1 Å². The number of likely N-dealkylation sites (tertiary alicyclic amines) is 1. The lowest BCUT2D eigenvalue weighted by atomic mass is 9.98. The van der Waals surface area contributed by atoms with E-state index in [-0.39, 0.29) is 23.6 Å². The summed E-state index contributed by atoms with van der Waals surface area (Å²) in [6.45, 7) is 0.880. The third kappa shape index (κ3) is 7.42. The van der Waals surface area contributed by atoms with Crippen molar-refractivity contribution in [3.05, 3.63) is 65.2 Å². The number of carbonyl (C=O) groups is 3. The Kier molecular flexibility index (Phi) is 10.2. The topological polar surface area (TPSA) is 153 Å². The van der Waals surface area contributed by atoms with Crippen molar-refractivity contribution in [1.82, 2.24) is 25.8 Å². The van der Waals surface area contributed by atoms with Gasteiger partial charge in [0.15, 0.2) is 11.0 Å². The maximum absolute atomic E-state index is 13.4. The second-order valence-corrected chi connectivity index (χ2v) is 11.0. The van der Waals surface area contributed by atoms with Gasteiger partial charge < -0.3 is 26.6 Å². The van der Waals surface area contributed by atoms with E-state index in [2.05, 4.69) is 20.9 Å². The number of thiazole rings is 1. The number of Topliss-reactive ketones (excluding diaryl/α,β-unsaturated/α-hetero) is 1. The van der Waals surface area contributed by atoms with Crippen molar-refractivity contribution in [3.63, 3.8) is 0 Å². The molecule has 0 aliphatic carbocycles. The molecule has 40 heavy (non-hydrogen) atoms. The number of hydrogen-bond acceptors (Lipinski definition) is 7. The third-order valence-corrected chi connectivity index (χ3v) is 8.19. The van der Waals surface area contributed by atoms with Crippen LogP contribution in [0.3, 0.4) is 0 Å². The molecule has 3 atom stereocenters. The van der Waals surface area contributed by atoms with Crippen LogP contribution in [0, 0.1) is 5.41 Å². The first kappa shape index (κ1) is 29.2. The molecule has 0 saturated carbocycles. The molecule has 2 amide bonds. The fourth-order valence-electron chi connectivity index (χ4n) is 5.05. The molecule has 1 aliphatic heterocycles.